The first-order chi connectivity index (χ1) is 10.1. The molecule has 0 bridgehead atoms. The Balaban J connectivity index is 1.94. The maximum atomic E-state index is 12.6. The second-order valence-corrected chi connectivity index (χ2v) is 6.60. The lowest BCUT2D eigenvalue weighted by Crippen LogP contribution is -2.53. The fourth-order valence-corrected chi connectivity index (χ4v) is 3.68. The van der Waals surface area contributed by atoms with Crippen molar-refractivity contribution in [2.75, 3.05) is 32.7 Å². The van der Waals surface area contributed by atoms with E-state index in [0.29, 0.717) is 25.2 Å². The Bertz CT molecular complexity index is 363. The second kappa shape index (κ2) is 7.95. The van der Waals surface area contributed by atoms with Crippen molar-refractivity contribution in [3.8, 4) is 0 Å². The van der Waals surface area contributed by atoms with Crippen molar-refractivity contribution in [2.24, 2.45) is 0 Å². The first-order valence-corrected chi connectivity index (χ1v) is 8.51. The number of amides is 1. The quantitative estimate of drug-likeness (QED) is 0.761. The number of likely N-dealkylation sites (tertiary alicyclic amines) is 1. The van der Waals surface area contributed by atoms with Gasteiger partial charge in [-0.25, -0.2) is 0 Å². The summed E-state index contributed by atoms with van der Waals surface area (Å²) in [5.74, 6) is 0.255. The maximum Gasteiger partial charge on any atom is 0.237 e. The number of hydrogen-bond acceptors (Lipinski definition) is 3. The molecular formula is C17H31N3O. The third-order valence-electron chi connectivity index (χ3n) is 4.76. The Morgan fingerprint density at radius 3 is 2.76 bits per heavy atom. The average Bonchev–Trinajstić information content (AvgIpc) is 2.99. The van der Waals surface area contributed by atoms with Crippen molar-refractivity contribution >= 4 is 5.91 Å². The Morgan fingerprint density at radius 1 is 1.33 bits per heavy atom. The van der Waals surface area contributed by atoms with E-state index in [2.05, 4.69) is 16.8 Å². The van der Waals surface area contributed by atoms with E-state index < -0.39 is 0 Å². The number of carbonyl (C=O) groups excluding carboxylic acids is 1. The van der Waals surface area contributed by atoms with Crippen LogP contribution in [0.15, 0.2) is 12.2 Å². The molecule has 4 heteroatoms. The fourth-order valence-electron chi connectivity index (χ4n) is 3.68. The Hall–Kier alpha value is -0.870. The summed E-state index contributed by atoms with van der Waals surface area (Å²) in [5, 5.41) is 3.62. The molecule has 2 aliphatic rings. The predicted molar refractivity (Wildman–Crippen MR) is 87.3 cm³/mol. The molecule has 0 aliphatic carbocycles. The van der Waals surface area contributed by atoms with Crippen molar-refractivity contribution in [3.05, 3.63) is 12.2 Å². The van der Waals surface area contributed by atoms with Gasteiger partial charge in [0.25, 0.3) is 0 Å². The van der Waals surface area contributed by atoms with Crippen LogP contribution >= 0.6 is 0 Å². The minimum Gasteiger partial charge on any atom is -0.338 e. The molecule has 0 aromatic rings. The molecular weight excluding hydrogens is 262 g/mol. The first kappa shape index (κ1) is 16.5. The molecule has 0 aromatic carbocycles. The van der Waals surface area contributed by atoms with Crippen molar-refractivity contribution in [2.45, 2.75) is 58.0 Å². The summed E-state index contributed by atoms with van der Waals surface area (Å²) in [4.78, 5) is 16.9. The number of nitrogens with one attached hydrogen (secondary N) is 1. The molecule has 21 heavy (non-hydrogen) atoms. The molecule has 2 saturated heterocycles. The van der Waals surface area contributed by atoms with Crippen molar-refractivity contribution < 1.29 is 4.79 Å². The monoisotopic (exact) mass is 293 g/mol. The largest absolute Gasteiger partial charge is 0.338 e. The molecule has 120 valence electrons. The van der Waals surface area contributed by atoms with Crippen molar-refractivity contribution in [3.63, 3.8) is 0 Å². The molecule has 2 unspecified atom stereocenters. The third-order valence-corrected chi connectivity index (χ3v) is 4.76. The van der Waals surface area contributed by atoms with Gasteiger partial charge in [-0.1, -0.05) is 18.6 Å². The molecule has 4 nitrogen and oxygen atoms in total. The van der Waals surface area contributed by atoms with Crippen molar-refractivity contribution in [1.82, 2.24) is 15.1 Å². The number of likely N-dealkylation sites (N-methyl/N-ethyl adjacent to an activating group) is 1. The molecule has 2 rings (SSSR count). The molecule has 2 fully saturated rings. The van der Waals surface area contributed by atoms with E-state index in [1.165, 1.54) is 32.1 Å². The van der Waals surface area contributed by atoms with Gasteiger partial charge >= 0.3 is 0 Å². The van der Waals surface area contributed by atoms with Gasteiger partial charge in [-0.2, -0.15) is 0 Å². The lowest BCUT2D eigenvalue weighted by molar-refractivity contribution is -0.133. The Morgan fingerprint density at radius 2 is 2.14 bits per heavy atom. The Labute approximate surface area is 129 Å². The molecule has 2 aliphatic heterocycles. The standard InChI is InChI=1S/C17H31N3O/c1-4-19(12-14(2)3)17(21)13-20-11-6-5-9-16(20)15-8-7-10-18-15/h15-16,18H,2,4-13H2,1,3H3. The van der Waals surface area contributed by atoms with Gasteiger partial charge in [-0.15, -0.1) is 0 Å². The summed E-state index contributed by atoms with van der Waals surface area (Å²) in [6.07, 6.45) is 6.30. The van der Waals surface area contributed by atoms with Crippen LogP contribution in [0.5, 0.6) is 0 Å². The number of rotatable bonds is 6. The lowest BCUT2D eigenvalue weighted by Gasteiger charge is -2.39. The van der Waals surface area contributed by atoms with Crippen LogP contribution in [-0.2, 0) is 4.79 Å². The second-order valence-electron chi connectivity index (χ2n) is 6.60. The van der Waals surface area contributed by atoms with E-state index >= 15 is 0 Å². The number of piperidine rings is 1. The van der Waals surface area contributed by atoms with Gasteiger partial charge in [0.15, 0.2) is 0 Å². The zero-order valence-corrected chi connectivity index (χ0v) is 13.7. The van der Waals surface area contributed by atoms with Crippen LogP contribution in [0, 0.1) is 0 Å². The highest BCUT2D eigenvalue weighted by molar-refractivity contribution is 5.78. The van der Waals surface area contributed by atoms with E-state index in [1.807, 2.05) is 18.7 Å². The van der Waals surface area contributed by atoms with E-state index in [9.17, 15) is 4.79 Å². The first-order valence-electron chi connectivity index (χ1n) is 8.51. The van der Waals surface area contributed by atoms with Crippen LogP contribution in [0.25, 0.3) is 0 Å². The van der Waals surface area contributed by atoms with Gasteiger partial charge in [-0.05, 0) is 52.6 Å². The number of carbonyl (C=O) groups is 1. The van der Waals surface area contributed by atoms with Crippen LogP contribution in [0.3, 0.4) is 0 Å². The summed E-state index contributed by atoms with van der Waals surface area (Å²) in [6.45, 7) is 12.2. The fraction of sp³-hybridized carbons (Fsp3) is 0.824. The molecule has 1 amide bonds. The summed E-state index contributed by atoms with van der Waals surface area (Å²) < 4.78 is 0. The summed E-state index contributed by atoms with van der Waals surface area (Å²) >= 11 is 0. The van der Waals surface area contributed by atoms with Gasteiger partial charge in [0, 0.05) is 25.2 Å². The molecule has 0 aromatic heterocycles. The molecule has 2 heterocycles. The zero-order chi connectivity index (χ0) is 15.2. The van der Waals surface area contributed by atoms with Crippen LogP contribution in [0.1, 0.15) is 46.0 Å². The predicted octanol–water partition coefficient (Wildman–Crippen LogP) is 2.02. The molecule has 0 spiro atoms. The van der Waals surface area contributed by atoms with E-state index in [4.69, 9.17) is 0 Å². The summed E-state index contributed by atoms with van der Waals surface area (Å²) in [7, 11) is 0. The highest BCUT2D eigenvalue weighted by atomic mass is 16.2. The maximum absolute atomic E-state index is 12.6. The van der Waals surface area contributed by atoms with Gasteiger partial charge in [0.2, 0.25) is 5.91 Å². The average molecular weight is 293 g/mol. The molecule has 0 radical (unpaired) electrons. The van der Waals surface area contributed by atoms with Crippen LogP contribution < -0.4 is 5.32 Å². The smallest absolute Gasteiger partial charge is 0.237 e. The van der Waals surface area contributed by atoms with E-state index in [1.54, 1.807) is 0 Å². The SMILES string of the molecule is C=C(C)CN(CC)C(=O)CN1CCCCC1C1CCCN1. The Kier molecular flexibility index (Phi) is 6.24. The minimum absolute atomic E-state index is 0.255. The minimum atomic E-state index is 0.255. The highest BCUT2D eigenvalue weighted by Crippen LogP contribution is 2.24. The number of hydrogen-bond donors (Lipinski definition) is 1. The summed E-state index contributed by atoms with van der Waals surface area (Å²) in [5.41, 5.74) is 1.05. The number of nitrogens with zero attached hydrogens (tertiary/aromatic N) is 2. The highest BCUT2D eigenvalue weighted by Gasteiger charge is 2.32. The van der Waals surface area contributed by atoms with Gasteiger partial charge < -0.3 is 10.2 Å². The lowest BCUT2D eigenvalue weighted by atomic mass is 9.94. The third kappa shape index (κ3) is 4.55. The summed E-state index contributed by atoms with van der Waals surface area (Å²) in [6, 6.07) is 1.14. The van der Waals surface area contributed by atoms with Crippen LogP contribution in [0.4, 0.5) is 0 Å². The van der Waals surface area contributed by atoms with Gasteiger partial charge in [0.05, 0.1) is 6.54 Å². The molecule has 2 atom stereocenters. The van der Waals surface area contributed by atoms with Gasteiger partial charge in [0.1, 0.15) is 0 Å². The van der Waals surface area contributed by atoms with Crippen LogP contribution in [0.2, 0.25) is 0 Å². The molecule has 0 saturated carbocycles. The normalized spacial score (nSPS) is 26.8. The van der Waals surface area contributed by atoms with Crippen LogP contribution in [-0.4, -0.2) is 60.5 Å². The van der Waals surface area contributed by atoms with E-state index in [-0.39, 0.29) is 5.91 Å². The van der Waals surface area contributed by atoms with Gasteiger partial charge in [-0.3, -0.25) is 9.69 Å². The van der Waals surface area contributed by atoms with E-state index in [0.717, 1.165) is 25.2 Å². The topological polar surface area (TPSA) is 35.6 Å². The zero-order valence-electron chi connectivity index (χ0n) is 13.7. The molecule has 1 N–H and O–H groups in total. The van der Waals surface area contributed by atoms with Crippen molar-refractivity contribution in [1.29, 1.82) is 0 Å².